The van der Waals surface area contributed by atoms with E-state index >= 15 is 0 Å². The van der Waals surface area contributed by atoms with Crippen LogP contribution in [0.25, 0.3) is 0 Å². The third-order valence-electron chi connectivity index (χ3n) is 2.10. The van der Waals surface area contributed by atoms with Crippen molar-refractivity contribution in [1.29, 1.82) is 0 Å². The quantitative estimate of drug-likeness (QED) is 0.885. The summed E-state index contributed by atoms with van der Waals surface area (Å²) in [6, 6.07) is 6.90. The van der Waals surface area contributed by atoms with Crippen molar-refractivity contribution in [3.8, 4) is 0 Å². The molecule has 82 valence electrons. The molecule has 0 spiro atoms. The Morgan fingerprint density at radius 2 is 2.19 bits per heavy atom. The third kappa shape index (κ3) is 2.09. The van der Waals surface area contributed by atoms with Crippen LogP contribution in [0.1, 0.15) is 10.4 Å². The summed E-state index contributed by atoms with van der Waals surface area (Å²) in [5, 5.41) is 9.79. The lowest BCUT2D eigenvalue weighted by Gasteiger charge is -2.04. The van der Waals surface area contributed by atoms with Crippen LogP contribution >= 0.6 is 11.8 Å². The van der Waals surface area contributed by atoms with E-state index in [4.69, 9.17) is 5.11 Å². The third-order valence-corrected chi connectivity index (χ3v) is 3.25. The van der Waals surface area contributed by atoms with Gasteiger partial charge in [-0.05, 0) is 12.1 Å². The van der Waals surface area contributed by atoms with E-state index in [1.54, 1.807) is 24.4 Å². The molecule has 0 amide bonds. The van der Waals surface area contributed by atoms with Gasteiger partial charge in [-0.25, -0.2) is 9.78 Å². The number of carboxylic acid groups (broad SMARTS) is 1. The SMILES string of the molecule is Cn1ccnc1Sc1ccccc1C(=O)O. The second-order valence-electron chi connectivity index (χ2n) is 3.22. The zero-order valence-electron chi connectivity index (χ0n) is 8.62. The molecule has 2 aromatic rings. The van der Waals surface area contributed by atoms with Gasteiger partial charge in [0.2, 0.25) is 0 Å². The summed E-state index contributed by atoms with van der Waals surface area (Å²) in [5.41, 5.74) is 0.301. The molecule has 0 radical (unpaired) electrons. The minimum Gasteiger partial charge on any atom is -0.478 e. The number of hydrogen-bond acceptors (Lipinski definition) is 3. The first kappa shape index (κ1) is 10.8. The van der Waals surface area contributed by atoms with Gasteiger partial charge in [0.05, 0.1) is 5.56 Å². The number of aromatic carboxylic acids is 1. The number of imidazole rings is 1. The van der Waals surface area contributed by atoms with Gasteiger partial charge in [-0.1, -0.05) is 23.9 Å². The minimum atomic E-state index is -0.919. The van der Waals surface area contributed by atoms with E-state index in [9.17, 15) is 4.79 Å². The highest BCUT2D eigenvalue weighted by atomic mass is 32.2. The summed E-state index contributed by atoms with van der Waals surface area (Å²) in [4.78, 5) is 15.8. The molecular weight excluding hydrogens is 224 g/mol. The lowest BCUT2D eigenvalue weighted by Crippen LogP contribution is -1.99. The van der Waals surface area contributed by atoms with Crippen molar-refractivity contribution in [3.63, 3.8) is 0 Å². The molecule has 0 fully saturated rings. The Morgan fingerprint density at radius 1 is 1.44 bits per heavy atom. The summed E-state index contributed by atoms with van der Waals surface area (Å²) in [5.74, 6) is -0.919. The molecule has 0 bridgehead atoms. The topological polar surface area (TPSA) is 55.1 Å². The van der Waals surface area contributed by atoms with Gasteiger partial charge in [0.15, 0.2) is 5.16 Å². The summed E-state index contributed by atoms with van der Waals surface area (Å²) < 4.78 is 1.85. The predicted molar refractivity (Wildman–Crippen MR) is 60.7 cm³/mol. The maximum absolute atomic E-state index is 11.0. The highest BCUT2D eigenvalue weighted by Crippen LogP contribution is 2.28. The van der Waals surface area contributed by atoms with Crippen molar-refractivity contribution in [1.82, 2.24) is 9.55 Å². The lowest BCUT2D eigenvalue weighted by atomic mass is 10.2. The van der Waals surface area contributed by atoms with Crippen LogP contribution in [0.15, 0.2) is 46.7 Å². The van der Waals surface area contributed by atoms with E-state index in [0.29, 0.717) is 10.5 Å². The molecule has 0 aliphatic rings. The fraction of sp³-hybridized carbons (Fsp3) is 0.0909. The fourth-order valence-corrected chi connectivity index (χ4v) is 2.21. The summed E-state index contributed by atoms with van der Waals surface area (Å²) in [6.45, 7) is 0. The van der Waals surface area contributed by atoms with Crippen LogP contribution in [-0.2, 0) is 7.05 Å². The Bertz CT molecular complexity index is 522. The molecule has 16 heavy (non-hydrogen) atoms. The van der Waals surface area contributed by atoms with Crippen molar-refractivity contribution in [3.05, 3.63) is 42.2 Å². The molecule has 0 saturated carbocycles. The number of nitrogens with zero attached hydrogens (tertiary/aromatic N) is 2. The maximum Gasteiger partial charge on any atom is 0.336 e. The van der Waals surface area contributed by atoms with E-state index in [-0.39, 0.29) is 0 Å². The van der Waals surface area contributed by atoms with Crippen LogP contribution in [0.5, 0.6) is 0 Å². The highest BCUT2D eigenvalue weighted by Gasteiger charge is 2.11. The summed E-state index contributed by atoms with van der Waals surface area (Å²) in [7, 11) is 1.87. The van der Waals surface area contributed by atoms with E-state index in [0.717, 1.165) is 5.16 Å². The average Bonchev–Trinajstić information content (AvgIpc) is 2.65. The molecule has 4 nitrogen and oxygen atoms in total. The number of aryl methyl sites for hydroxylation is 1. The van der Waals surface area contributed by atoms with Gasteiger partial charge in [0.25, 0.3) is 0 Å². The monoisotopic (exact) mass is 234 g/mol. The molecule has 0 unspecified atom stereocenters. The first-order valence-electron chi connectivity index (χ1n) is 4.66. The van der Waals surface area contributed by atoms with E-state index in [1.807, 2.05) is 23.9 Å². The van der Waals surface area contributed by atoms with Crippen molar-refractivity contribution in [2.24, 2.45) is 7.05 Å². The molecule has 1 aromatic carbocycles. The molecule has 2 rings (SSSR count). The summed E-state index contributed by atoms with van der Waals surface area (Å²) >= 11 is 1.35. The molecule has 1 N–H and O–H groups in total. The normalized spacial score (nSPS) is 10.3. The smallest absolute Gasteiger partial charge is 0.336 e. The highest BCUT2D eigenvalue weighted by molar-refractivity contribution is 7.99. The van der Waals surface area contributed by atoms with Crippen molar-refractivity contribution < 1.29 is 9.90 Å². The van der Waals surface area contributed by atoms with Gasteiger partial charge in [-0.15, -0.1) is 0 Å². The molecule has 0 atom stereocenters. The van der Waals surface area contributed by atoms with Crippen LogP contribution in [0, 0.1) is 0 Å². The van der Waals surface area contributed by atoms with Crippen LogP contribution in [0.4, 0.5) is 0 Å². The zero-order chi connectivity index (χ0) is 11.5. The molecule has 5 heteroatoms. The van der Waals surface area contributed by atoms with Gasteiger partial charge >= 0.3 is 5.97 Å². The molecule has 1 aromatic heterocycles. The average molecular weight is 234 g/mol. The number of benzene rings is 1. The number of aromatic nitrogens is 2. The molecule has 0 saturated heterocycles. The van der Waals surface area contributed by atoms with Gasteiger partial charge in [0, 0.05) is 24.3 Å². The molecular formula is C11H10N2O2S. The molecule has 0 aliphatic carbocycles. The second-order valence-corrected chi connectivity index (χ2v) is 4.23. The minimum absolute atomic E-state index is 0.301. The fourth-order valence-electron chi connectivity index (χ4n) is 1.28. The molecule has 1 heterocycles. The van der Waals surface area contributed by atoms with Gasteiger partial charge in [-0.2, -0.15) is 0 Å². The Hall–Kier alpha value is -1.75. The van der Waals surface area contributed by atoms with Gasteiger partial charge < -0.3 is 9.67 Å². The van der Waals surface area contributed by atoms with E-state index in [2.05, 4.69) is 4.98 Å². The largest absolute Gasteiger partial charge is 0.478 e. The Morgan fingerprint density at radius 3 is 2.81 bits per heavy atom. The van der Waals surface area contributed by atoms with Crippen molar-refractivity contribution in [2.75, 3.05) is 0 Å². The maximum atomic E-state index is 11.0. The van der Waals surface area contributed by atoms with E-state index < -0.39 is 5.97 Å². The van der Waals surface area contributed by atoms with Crippen LogP contribution in [0.2, 0.25) is 0 Å². The number of hydrogen-bond donors (Lipinski definition) is 1. The lowest BCUT2D eigenvalue weighted by molar-refractivity contribution is 0.0693. The first-order valence-corrected chi connectivity index (χ1v) is 5.47. The Balaban J connectivity index is 2.35. The zero-order valence-corrected chi connectivity index (χ0v) is 9.44. The van der Waals surface area contributed by atoms with Gasteiger partial charge in [-0.3, -0.25) is 0 Å². The van der Waals surface area contributed by atoms with Crippen LogP contribution in [-0.4, -0.2) is 20.6 Å². The number of carbonyl (C=O) groups is 1. The van der Waals surface area contributed by atoms with Crippen molar-refractivity contribution >= 4 is 17.7 Å². The van der Waals surface area contributed by atoms with Crippen LogP contribution in [0.3, 0.4) is 0 Å². The number of rotatable bonds is 3. The molecule has 0 aliphatic heterocycles. The first-order chi connectivity index (χ1) is 7.68. The van der Waals surface area contributed by atoms with Gasteiger partial charge in [0.1, 0.15) is 0 Å². The Kier molecular flexibility index (Phi) is 2.96. The van der Waals surface area contributed by atoms with Crippen molar-refractivity contribution in [2.45, 2.75) is 10.1 Å². The Labute approximate surface area is 96.9 Å². The van der Waals surface area contributed by atoms with E-state index in [1.165, 1.54) is 11.8 Å². The predicted octanol–water partition coefficient (Wildman–Crippen LogP) is 2.27. The number of carboxylic acids is 1. The summed E-state index contributed by atoms with van der Waals surface area (Å²) in [6.07, 6.45) is 3.51. The standard InChI is InChI=1S/C11H10N2O2S/c1-13-7-6-12-11(13)16-9-5-3-2-4-8(9)10(14)15/h2-7H,1H3,(H,14,15). The van der Waals surface area contributed by atoms with Crippen LogP contribution < -0.4 is 0 Å². The second kappa shape index (κ2) is 4.40.